The van der Waals surface area contributed by atoms with Crippen LogP contribution in [0.1, 0.15) is 49.2 Å². The summed E-state index contributed by atoms with van der Waals surface area (Å²) in [5, 5.41) is 2.83. The lowest BCUT2D eigenvalue weighted by molar-refractivity contribution is -0.137. The summed E-state index contributed by atoms with van der Waals surface area (Å²) in [5.74, 6) is -0.415. The van der Waals surface area contributed by atoms with E-state index in [1.54, 1.807) is 0 Å². The third-order valence-electron chi connectivity index (χ3n) is 3.63. The third kappa shape index (κ3) is 3.49. The van der Waals surface area contributed by atoms with Crippen LogP contribution < -0.4 is 5.32 Å². The minimum Gasteiger partial charge on any atom is -0.348 e. The molecule has 1 aromatic heterocycles. The molecule has 2 rings (SSSR count). The Hall–Kier alpha value is -1.59. The van der Waals surface area contributed by atoms with E-state index in [0.29, 0.717) is 6.20 Å². The molecule has 1 N–H and O–H groups in total. The van der Waals surface area contributed by atoms with Gasteiger partial charge >= 0.3 is 6.18 Å². The van der Waals surface area contributed by atoms with Crippen LogP contribution >= 0.6 is 0 Å². The second-order valence-electron chi connectivity index (χ2n) is 6.01. The first-order valence-corrected chi connectivity index (χ1v) is 6.51. The molecule has 1 aliphatic carbocycles. The van der Waals surface area contributed by atoms with Gasteiger partial charge in [0.15, 0.2) is 0 Å². The lowest BCUT2D eigenvalue weighted by Crippen LogP contribution is -2.34. The van der Waals surface area contributed by atoms with Gasteiger partial charge in [0.1, 0.15) is 5.69 Å². The highest BCUT2D eigenvalue weighted by atomic mass is 19.4. The Balaban J connectivity index is 2.00. The summed E-state index contributed by atoms with van der Waals surface area (Å²) >= 11 is 0. The van der Waals surface area contributed by atoms with E-state index in [4.69, 9.17) is 0 Å². The first-order valence-electron chi connectivity index (χ1n) is 6.51. The van der Waals surface area contributed by atoms with Crippen LogP contribution in [-0.4, -0.2) is 16.9 Å². The van der Waals surface area contributed by atoms with E-state index in [2.05, 4.69) is 24.1 Å². The zero-order valence-electron chi connectivity index (χ0n) is 11.4. The van der Waals surface area contributed by atoms with Gasteiger partial charge in [0.05, 0.1) is 5.56 Å². The van der Waals surface area contributed by atoms with E-state index in [1.165, 1.54) is 0 Å². The maximum atomic E-state index is 12.4. The van der Waals surface area contributed by atoms with E-state index in [1.807, 2.05) is 0 Å². The number of amides is 1. The predicted octanol–water partition coefficient (Wildman–Crippen LogP) is 3.41. The molecule has 3 nitrogen and oxygen atoms in total. The van der Waals surface area contributed by atoms with Gasteiger partial charge in [-0.3, -0.25) is 9.78 Å². The molecule has 1 saturated carbocycles. The molecule has 1 unspecified atom stereocenters. The number of halogens is 3. The van der Waals surface area contributed by atoms with E-state index < -0.39 is 17.6 Å². The number of hydrogen-bond acceptors (Lipinski definition) is 2. The van der Waals surface area contributed by atoms with Crippen LogP contribution in [0, 0.1) is 5.41 Å². The summed E-state index contributed by atoms with van der Waals surface area (Å²) in [4.78, 5) is 15.5. The SMILES string of the molecule is CC1(C)CCC(NC(=O)c2ccc(C(F)(F)F)cn2)C1. The number of nitrogens with one attached hydrogen (secondary N) is 1. The molecule has 1 heterocycles. The van der Waals surface area contributed by atoms with Crippen LogP contribution in [0.25, 0.3) is 0 Å². The van der Waals surface area contributed by atoms with Crippen molar-refractivity contribution in [1.82, 2.24) is 10.3 Å². The summed E-state index contributed by atoms with van der Waals surface area (Å²) < 4.78 is 37.2. The van der Waals surface area contributed by atoms with Gasteiger partial charge in [-0.15, -0.1) is 0 Å². The van der Waals surface area contributed by atoms with Crippen molar-refractivity contribution in [3.8, 4) is 0 Å². The van der Waals surface area contributed by atoms with Gasteiger partial charge in [0.2, 0.25) is 0 Å². The number of nitrogens with zero attached hydrogens (tertiary/aromatic N) is 1. The maximum absolute atomic E-state index is 12.4. The van der Waals surface area contributed by atoms with E-state index in [-0.39, 0.29) is 17.2 Å². The first kappa shape index (κ1) is 14.8. The highest BCUT2D eigenvalue weighted by molar-refractivity contribution is 5.92. The van der Waals surface area contributed by atoms with Gasteiger partial charge in [-0.2, -0.15) is 13.2 Å². The molecule has 0 saturated heterocycles. The van der Waals surface area contributed by atoms with Crippen molar-refractivity contribution in [2.75, 3.05) is 0 Å². The molecule has 20 heavy (non-hydrogen) atoms. The molecule has 1 fully saturated rings. The number of pyridine rings is 1. The normalized spacial score (nSPS) is 21.8. The molecule has 1 aliphatic rings. The van der Waals surface area contributed by atoms with Gasteiger partial charge in [-0.05, 0) is 36.8 Å². The Bertz CT molecular complexity index is 494. The Kier molecular flexibility index (Phi) is 3.75. The maximum Gasteiger partial charge on any atom is 0.417 e. The first-order chi connectivity index (χ1) is 9.17. The van der Waals surface area contributed by atoms with Crippen molar-refractivity contribution in [3.63, 3.8) is 0 Å². The fraction of sp³-hybridized carbons (Fsp3) is 0.571. The second kappa shape index (κ2) is 5.07. The molecule has 110 valence electrons. The summed E-state index contributed by atoms with van der Waals surface area (Å²) in [6.45, 7) is 4.27. The number of hydrogen-bond donors (Lipinski definition) is 1. The topological polar surface area (TPSA) is 42.0 Å². The standard InChI is InChI=1S/C14H17F3N2O/c1-13(2)6-5-10(7-13)19-12(20)11-4-3-9(8-18-11)14(15,16)17/h3-4,8,10H,5-7H2,1-2H3,(H,19,20). The van der Waals surface area contributed by atoms with Crippen LogP contribution in [0.2, 0.25) is 0 Å². The Morgan fingerprint density at radius 2 is 2.10 bits per heavy atom. The van der Waals surface area contributed by atoms with Crippen LogP contribution in [0.15, 0.2) is 18.3 Å². The summed E-state index contributed by atoms with van der Waals surface area (Å²) in [6.07, 6.45) is -0.956. The fourth-order valence-electron chi connectivity index (χ4n) is 2.51. The smallest absolute Gasteiger partial charge is 0.348 e. The highest BCUT2D eigenvalue weighted by Crippen LogP contribution is 2.37. The van der Waals surface area contributed by atoms with Gasteiger partial charge < -0.3 is 5.32 Å². The molecule has 0 radical (unpaired) electrons. The monoisotopic (exact) mass is 286 g/mol. The Morgan fingerprint density at radius 1 is 1.40 bits per heavy atom. The van der Waals surface area contributed by atoms with Gasteiger partial charge in [0.25, 0.3) is 5.91 Å². The quantitative estimate of drug-likeness (QED) is 0.905. The van der Waals surface area contributed by atoms with Crippen molar-refractivity contribution in [2.45, 2.75) is 45.3 Å². The minimum atomic E-state index is -4.43. The molecule has 1 atom stereocenters. The zero-order valence-corrected chi connectivity index (χ0v) is 11.4. The van der Waals surface area contributed by atoms with Gasteiger partial charge in [-0.25, -0.2) is 0 Å². The molecule has 0 bridgehead atoms. The van der Waals surface area contributed by atoms with Crippen molar-refractivity contribution in [2.24, 2.45) is 5.41 Å². The van der Waals surface area contributed by atoms with Crippen molar-refractivity contribution in [3.05, 3.63) is 29.6 Å². The molecule has 0 spiro atoms. The summed E-state index contributed by atoms with van der Waals surface area (Å²) in [6, 6.07) is 2.06. The van der Waals surface area contributed by atoms with Crippen molar-refractivity contribution >= 4 is 5.91 Å². The minimum absolute atomic E-state index is 0.0164. The van der Waals surface area contributed by atoms with Crippen LogP contribution in [-0.2, 0) is 6.18 Å². The number of carbonyl (C=O) groups is 1. The molecule has 6 heteroatoms. The summed E-state index contributed by atoms with van der Waals surface area (Å²) in [7, 11) is 0. The summed E-state index contributed by atoms with van der Waals surface area (Å²) in [5.41, 5.74) is -0.635. The molecule has 1 aromatic rings. The number of alkyl halides is 3. The molecular weight excluding hydrogens is 269 g/mol. The van der Waals surface area contributed by atoms with Crippen LogP contribution in [0.5, 0.6) is 0 Å². The van der Waals surface area contributed by atoms with E-state index >= 15 is 0 Å². The average molecular weight is 286 g/mol. The Morgan fingerprint density at radius 3 is 2.55 bits per heavy atom. The highest BCUT2D eigenvalue weighted by Gasteiger charge is 2.33. The van der Waals surface area contributed by atoms with Crippen molar-refractivity contribution < 1.29 is 18.0 Å². The molecule has 0 aromatic carbocycles. The zero-order chi connectivity index (χ0) is 15.0. The van der Waals surface area contributed by atoms with E-state index in [9.17, 15) is 18.0 Å². The van der Waals surface area contributed by atoms with Gasteiger partial charge in [-0.1, -0.05) is 13.8 Å². The number of aromatic nitrogens is 1. The number of carbonyl (C=O) groups excluding carboxylic acids is 1. The fourth-order valence-corrected chi connectivity index (χ4v) is 2.51. The van der Waals surface area contributed by atoms with E-state index in [0.717, 1.165) is 31.4 Å². The second-order valence-corrected chi connectivity index (χ2v) is 6.01. The lowest BCUT2D eigenvalue weighted by atomic mass is 9.92. The molecule has 1 amide bonds. The number of rotatable bonds is 2. The van der Waals surface area contributed by atoms with Gasteiger partial charge in [0, 0.05) is 12.2 Å². The van der Waals surface area contributed by atoms with Crippen LogP contribution in [0.3, 0.4) is 0 Å². The van der Waals surface area contributed by atoms with Crippen molar-refractivity contribution in [1.29, 1.82) is 0 Å². The Labute approximate surface area is 115 Å². The lowest BCUT2D eigenvalue weighted by Gasteiger charge is -2.17. The largest absolute Gasteiger partial charge is 0.417 e. The predicted molar refractivity (Wildman–Crippen MR) is 68.1 cm³/mol. The third-order valence-corrected chi connectivity index (χ3v) is 3.63. The molecule has 0 aliphatic heterocycles. The average Bonchev–Trinajstić information content (AvgIpc) is 2.67. The molecular formula is C14H17F3N2O. The van der Waals surface area contributed by atoms with Crippen LogP contribution in [0.4, 0.5) is 13.2 Å².